The van der Waals surface area contributed by atoms with Crippen LogP contribution in [0.4, 0.5) is 0 Å². The number of hydrogen-bond acceptors (Lipinski definition) is 3. The quantitative estimate of drug-likeness (QED) is 0.459. The Labute approximate surface area is 162 Å². The molecule has 4 heteroatoms. The number of rotatable bonds is 8. The molecule has 0 saturated heterocycles. The van der Waals surface area contributed by atoms with Crippen LogP contribution in [0.15, 0.2) is 30.3 Å². The van der Waals surface area contributed by atoms with Crippen molar-refractivity contribution in [3.05, 3.63) is 30.3 Å². The molecule has 0 amide bonds. The topological polar surface area (TPSA) is 21.7 Å². The van der Waals surface area contributed by atoms with Gasteiger partial charge in [0.15, 0.2) is 0 Å². The van der Waals surface area contributed by atoms with Gasteiger partial charge in [-0.25, -0.2) is 4.67 Å². The number of hydrogen-bond donors (Lipinski definition) is 0. The molecule has 0 bridgehead atoms. The van der Waals surface area contributed by atoms with Crippen LogP contribution in [0.1, 0.15) is 67.7 Å². The summed E-state index contributed by atoms with van der Waals surface area (Å²) in [4.78, 5) is 0. The second kappa shape index (κ2) is 10.1. The Balaban J connectivity index is 2.23. The average Bonchev–Trinajstić information content (AvgIpc) is 2.54. The molecule has 1 aliphatic carbocycles. The molecule has 0 N–H and O–H groups in total. The first-order valence-corrected chi connectivity index (χ1v) is 11.4. The lowest BCUT2D eigenvalue weighted by molar-refractivity contribution is 0.0371. The Bertz CT molecular complexity index is 512. The summed E-state index contributed by atoms with van der Waals surface area (Å²) in [6.45, 7) is 16.0. The van der Waals surface area contributed by atoms with Crippen molar-refractivity contribution in [2.45, 2.75) is 85.9 Å². The zero-order chi connectivity index (χ0) is 19.3. The van der Waals surface area contributed by atoms with Gasteiger partial charge in [0.05, 0.1) is 6.10 Å². The molecule has 148 valence electrons. The molecule has 4 atom stereocenters. The van der Waals surface area contributed by atoms with Crippen LogP contribution in [-0.4, -0.2) is 22.9 Å². The summed E-state index contributed by atoms with van der Waals surface area (Å²) >= 11 is 0. The SMILES string of the molecule is CC(C)[C@@H]1CC[C@@H](C)C[C@H]1OP(Oc1ccccc1)N(C(C)C)C(C)C. The fourth-order valence-corrected chi connectivity index (χ4v) is 5.80. The van der Waals surface area contributed by atoms with Crippen molar-refractivity contribution < 1.29 is 9.05 Å². The molecule has 0 spiro atoms. The van der Waals surface area contributed by atoms with E-state index in [4.69, 9.17) is 9.05 Å². The molecule has 1 saturated carbocycles. The van der Waals surface area contributed by atoms with Crippen LogP contribution in [0, 0.1) is 17.8 Å². The monoisotopic (exact) mass is 379 g/mol. The van der Waals surface area contributed by atoms with Gasteiger partial charge in [0.2, 0.25) is 0 Å². The van der Waals surface area contributed by atoms with E-state index in [0.717, 1.165) is 18.1 Å². The third-order valence-corrected chi connectivity index (χ3v) is 7.48. The minimum atomic E-state index is -1.14. The molecular formula is C22H38NO2P. The van der Waals surface area contributed by atoms with Crippen molar-refractivity contribution in [3.8, 4) is 5.75 Å². The lowest BCUT2D eigenvalue weighted by Gasteiger charge is -2.42. The standard InChI is InChI=1S/C22H38NO2P/c1-16(2)21-14-13-19(7)15-22(21)25-26(23(17(3)4)18(5)6)24-20-11-9-8-10-12-20/h8-12,16-19,21-22H,13-15H2,1-7H3/t19-,21+,22-,26?/m1/s1. The smallest absolute Gasteiger partial charge is 0.321 e. The summed E-state index contributed by atoms with van der Waals surface area (Å²) in [5, 5.41) is 0. The lowest BCUT2D eigenvalue weighted by atomic mass is 9.75. The Morgan fingerprint density at radius 1 is 0.962 bits per heavy atom. The zero-order valence-corrected chi connectivity index (χ0v) is 18.6. The highest BCUT2D eigenvalue weighted by Crippen LogP contribution is 2.50. The van der Waals surface area contributed by atoms with Gasteiger partial charge in [-0.2, -0.15) is 0 Å². The molecule has 1 fully saturated rings. The second-order valence-electron chi connectivity index (χ2n) is 8.68. The predicted molar refractivity (Wildman–Crippen MR) is 112 cm³/mol. The van der Waals surface area contributed by atoms with E-state index in [0.29, 0.717) is 23.9 Å². The number of para-hydroxylation sites is 1. The van der Waals surface area contributed by atoms with Gasteiger partial charge in [0, 0.05) is 12.1 Å². The van der Waals surface area contributed by atoms with Crippen LogP contribution < -0.4 is 4.52 Å². The van der Waals surface area contributed by atoms with Gasteiger partial charge < -0.3 is 9.05 Å². The maximum atomic E-state index is 6.79. The first-order valence-electron chi connectivity index (χ1n) is 10.3. The summed E-state index contributed by atoms with van der Waals surface area (Å²) < 4.78 is 15.6. The maximum absolute atomic E-state index is 6.79. The van der Waals surface area contributed by atoms with E-state index in [1.807, 2.05) is 30.3 Å². The van der Waals surface area contributed by atoms with Crippen molar-refractivity contribution >= 4 is 8.53 Å². The minimum absolute atomic E-state index is 0.286. The summed E-state index contributed by atoms with van der Waals surface area (Å²) in [6.07, 6.45) is 4.01. The van der Waals surface area contributed by atoms with Crippen molar-refractivity contribution in [2.24, 2.45) is 17.8 Å². The van der Waals surface area contributed by atoms with Crippen LogP contribution in [0.25, 0.3) is 0 Å². The van der Waals surface area contributed by atoms with E-state index in [-0.39, 0.29) is 6.10 Å². The Morgan fingerprint density at radius 2 is 1.58 bits per heavy atom. The molecular weight excluding hydrogens is 341 g/mol. The zero-order valence-electron chi connectivity index (χ0n) is 17.7. The Kier molecular flexibility index (Phi) is 8.39. The molecule has 1 aromatic rings. The van der Waals surface area contributed by atoms with Gasteiger partial charge in [0.25, 0.3) is 0 Å². The fraction of sp³-hybridized carbons (Fsp3) is 0.727. The highest BCUT2D eigenvalue weighted by molar-refractivity contribution is 7.45. The molecule has 2 rings (SSSR count). The Hall–Kier alpha value is -0.630. The van der Waals surface area contributed by atoms with Gasteiger partial charge in [-0.05, 0) is 70.4 Å². The van der Waals surface area contributed by atoms with Crippen molar-refractivity contribution in [1.29, 1.82) is 0 Å². The van der Waals surface area contributed by atoms with E-state index >= 15 is 0 Å². The van der Waals surface area contributed by atoms with Gasteiger partial charge in [-0.1, -0.05) is 45.4 Å². The van der Waals surface area contributed by atoms with E-state index in [1.54, 1.807) is 0 Å². The minimum Gasteiger partial charge on any atom is -0.436 e. The second-order valence-corrected chi connectivity index (χ2v) is 10.0. The first kappa shape index (κ1) is 21.7. The molecule has 1 aliphatic rings. The third-order valence-electron chi connectivity index (χ3n) is 5.36. The van der Waals surface area contributed by atoms with Crippen LogP contribution in [0.3, 0.4) is 0 Å². The molecule has 3 nitrogen and oxygen atoms in total. The molecule has 26 heavy (non-hydrogen) atoms. The average molecular weight is 380 g/mol. The highest BCUT2D eigenvalue weighted by atomic mass is 31.2. The molecule has 0 aliphatic heterocycles. The van der Waals surface area contributed by atoms with E-state index in [9.17, 15) is 0 Å². The van der Waals surface area contributed by atoms with E-state index in [2.05, 4.69) is 53.1 Å². The van der Waals surface area contributed by atoms with Gasteiger partial charge in [-0.3, -0.25) is 0 Å². The summed E-state index contributed by atoms with van der Waals surface area (Å²) in [6, 6.07) is 10.9. The largest absolute Gasteiger partial charge is 0.436 e. The molecule has 1 aromatic carbocycles. The molecule has 0 radical (unpaired) electrons. The molecule has 1 unspecified atom stereocenters. The summed E-state index contributed by atoms with van der Waals surface area (Å²) in [5.41, 5.74) is 0. The van der Waals surface area contributed by atoms with Gasteiger partial charge in [-0.15, -0.1) is 0 Å². The van der Waals surface area contributed by atoms with Gasteiger partial charge in [0.1, 0.15) is 5.75 Å². The predicted octanol–water partition coefficient (Wildman–Crippen LogP) is 6.89. The van der Waals surface area contributed by atoms with Crippen LogP contribution in [0.2, 0.25) is 0 Å². The van der Waals surface area contributed by atoms with Crippen LogP contribution in [-0.2, 0) is 4.52 Å². The molecule has 0 aromatic heterocycles. The summed E-state index contributed by atoms with van der Waals surface area (Å²) in [5.74, 6) is 2.90. The first-order chi connectivity index (χ1) is 12.3. The highest BCUT2D eigenvalue weighted by Gasteiger charge is 2.37. The molecule has 0 heterocycles. The van der Waals surface area contributed by atoms with Crippen LogP contribution >= 0.6 is 8.53 Å². The van der Waals surface area contributed by atoms with E-state index in [1.165, 1.54) is 12.8 Å². The van der Waals surface area contributed by atoms with Crippen LogP contribution in [0.5, 0.6) is 5.75 Å². The number of benzene rings is 1. The third kappa shape index (κ3) is 5.94. The van der Waals surface area contributed by atoms with Crippen molar-refractivity contribution in [2.75, 3.05) is 0 Å². The van der Waals surface area contributed by atoms with Gasteiger partial charge >= 0.3 is 8.53 Å². The van der Waals surface area contributed by atoms with Crippen molar-refractivity contribution in [1.82, 2.24) is 4.67 Å². The van der Waals surface area contributed by atoms with E-state index < -0.39 is 8.53 Å². The normalized spacial score (nSPS) is 25.3. The Morgan fingerprint density at radius 3 is 2.12 bits per heavy atom. The summed E-state index contributed by atoms with van der Waals surface area (Å²) in [7, 11) is -1.14. The van der Waals surface area contributed by atoms with Crippen molar-refractivity contribution in [3.63, 3.8) is 0 Å². The number of nitrogens with zero attached hydrogens (tertiary/aromatic N) is 1. The fourth-order valence-electron chi connectivity index (χ4n) is 4.02. The lowest BCUT2D eigenvalue weighted by Crippen LogP contribution is -2.39. The maximum Gasteiger partial charge on any atom is 0.321 e.